The number of hydrogen-bond donors (Lipinski definition) is 0. The van der Waals surface area contributed by atoms with Gasteiger partial charge in [-0.25, -0.2) is 9.97 Å². The van der Waals surface area contributed by atoms with Gasteiger partial charge in [-0.15, -0.1) is 0 Å². The van der Waals surface area contributed by atoms with E-state index >= 15 is 0 Å². The molecule has 0 saturated heterocycles. The zero-order valence-corrected chi connectivity index (χ0v) is 16.9. The molecule has 0 unspecified atom stereocenters. The van der Waals surface area contributed by atoms with Gasteiger partial charge in [0.1, 0.15) is 11.0 Å². The maximum absolute atomic E-state index is 5.47. The Morgan fingerprint density at radius 2 is 1.00 bits per heavy atom. The largest absolute Gasteiger partial charge is 0.443 e. The van der Waals surface area contributed by atoms with Crippen LogP contribution in [-0.4, -0.2) is 9.97 Å². The second-order valence-electron chi connectivity index (χ2n) is 8.01. The van der Waals surface area contributed by atoms with E-state index < -0.39 is 0 Å². The monoisotopic (exact) mass is 412 g/mol. The summed E-state index contributed by atoms with van der Waals surface area (Å²) in [7, 11) is 0. The molecule has 7 aromatic rings. The molecule has 0 aliphatic heterocycles. The fourth-order valence-electron chi connectivity index (χ4n) is 4.50. The van der Waals surface area contributed by atoms with Crippen LogP contribution in [0.3, 0.4) is 0 Å². The van der Waals surface area contributed by atoms with E-state index in [0.29, 0.717) is 0 Å². The quantitative estimate of drug-likeness (QED) is 0.274. The molecule has 0 fully saturated rings. The van der Waals surface area contributed by atoms with Gasteiger partial charge in [-0.1, -0.05) is 48.5 Å². The first-order valence-corrected chi connectivity index (χ1v) is 10.5. The summed E-state index contributed by atoms with van der Waals surface area (Å²) in [6, 6.07) is 29.9. The Hall–Kier alpha value is -4.44. The Morgan fingerprint density at radius 3 is 1.75 bits per heavy atom. The first-order valence-electron chi connectivity index (χ1n) is 10.5. The summed E-state index contributed by atoms with van der Waals surface area (Å²) in [6.07, 6.45) is 2.97. The smallest absolute Gasteiger partial charge is 0.181 e. The standard InChI is InChI=1S/C28H16N2O2/c1-2-22-12-18(20-5-9-25-28(14-20)32-15-29-25)4-8-24(22)23-7-3-17(11-21(1)23)19-6-10-27-26(13-19)30-16-31-27/h1-16H. The van der Waals surface area contributed by atoms with Crippen LogP contribution in [0.1, 0.15) is 0 Å². The molecular formula is C28H16N2O2. The van der Waals surface area contributed by atoms with Crippen molar-refractivity contribution in [2.24, 2.45) is 0 Å². The van der Waals surface area contributed by atoms with Gasteiger partial charge in [0, 0.05) is 0 Å². The third kappa shape index (κ3) is 2.63. The Morgan fingerprint density at radius 1 is 0.438 bits per heavy atom. The topological polar surface area (TPSA) is 52.1 Å². The van der Waals surface area contributed by atoms with Crippen LogP contribution in [0, 0.1) is 0 Å². The molecule has 0 atom stereocenters. The Balaban J connectivity index is 1.34. The summed E-state index contributed by atoms with van der Waals surface area (Å²) in [5, 5.41) is 4.91. The van der Waals surface area contributed by atoms with Crippen molar-refractivity contribution in [3.63, 3.8) is 0 Å². The first kappa shape index (κ1) is 17.3. The summed E-state index contributed by atoms with van der Waals surface area (Å²) >= 11 is 0. The minimum Gasteiger partial charge on any atom is -0.443 e. The molecule has 150 valence electrons. The van der Waals surface area contributed by atoms with Crippen LogP contribution >= 0.6 is 0 Å². The van der Waals surface area contributed by atoms with E-state index in [1.165, 1.54) is 39.9 Å². The van der Waals surface area contributed by atoms with Crippen molar-refractivity contribution in [2.45, 2.75) is 0 Å². The fraction of sp³-hybridized carbons (Fsp3) is 0. The van der Waals surface area contributed by atoms with Crippen molar-refractivity contribution < 1.29 is 8.83 Å². The van der Waals surface area contributed by atoms with Crippen molar-refractivity contribution in [3.05, 3.63) is 97.7 Å². The average Bonchev–Trinajstić information content (AvgIpc) is 3.51. The van der Waals surface area contributed by atoms with Gasteiger partial charge in [0.25, 0.3) is 0 Å². The number of rotatable bonds is 2. The van der Waals surface area contributed by atoms with Gasteiger partial charge in [-0.2, -0.15) is 0 Å². The van der Waals surface area contributed by atoms with Gasteiger partial charge in [-0.05, 0) is 80.2 Å². The molecule has 0 saturated carbocycles. The summed E-state index contributed by atoms with van der Waals surface area (Å²) in [4.78, 5) is 8.48. The highest BCUT2D eigenvalue weighted by molar-refractivity contribution is 6.09. The Kier molecular flexibility index (Phi) is 3.52. The van der Waals surface area contributed by atoms with Gasteiger partial charge in [0.05, 0.1) is 0 Å². The van der Waals surface area contributed by atoms with Crippen LogP contribution < -0.4 is 0 Å². The van der Waals surface area contributed by atoms with Crippen molar-refractivity contribution in [1.82, 2.24) is 9.97 Å². The van der Waals surface area contributed by atoms with Crippen molar-refractivity contribution in [3.8, 4) is 22.3 Å². The summed E-state index contributed by atoms with van der Waals surface area (Å²) in [5.74, 6) is 0. The van der Waals surface area contributed by atoms with Gasteiger partial charge >= 0.3 is 0 Å². The minimum atomic E-state index is 0.803. The molecule has 0 bridgehead atoms. The molecule has 0 spiro atoms. The van der Waals surface area contributed by atoms with Crippen LogP contribution in [0.4, 0.5) is 0 Å². The normalized spacial score (nSPS) is 11.8. The molecular weight excluding hydrogens is 396 g/mol. The first-order chi connectivity index (χ1) is 15.8. The van der Waals surface area contributed by atoms with E-state index in [-0.39, 0.29) is 0 Å². The van der Waals surface area contributed by atoms with Crippen molar-refractivity contribution >= 4 is 43.7 Å². The van der Waals surface area contributed by atoms with E-state index in [9.17, 15) is 0 Å². The minimum absolute atomic E-state index is 0.803. The van der Waals surface area contributed by atoms with Crippen LogP contribution in [0.2, 0.25) is 0 Å². The second-order valence-corrected chi connectivity index (χ2v) is 8.01. The molecule has 0 aliphatic rings. The lowest BCUT2D eigenvalue weighted by molar-refractivity contribution is 0.602. The summed E-state index contributed by atoms with van der Waals surface area (Å²) < 4.78 is 10.8. The van der Waals surface area contributed by atoms with E-state index in [1.807, 2.05) is 18.2 Å². The molecule has 2 aromatic heterocycles. The van der Waals surface area contributed by atoms with Gasteiger partial charge in [-0.3, -0.25) is 0 Å². The lowest BCUT2D eigenvalue weighted by atomic mass is 9.95. The molecule has 32 heavy (non-hydrogen) atoms. The fourth-order valence-corrected chi connectivity index (χ4v) is 4.50. The summed E-state index contributed by atoms with van der Waals surface area (Å²) in [5.41, 5.74) is 7.93. The van der Waals surface area contributed by atoms with Gasteiger partial charge in [0.2, 0.25) is 0 Å². The molecule has 0 amide bonds. The lowest BCUT2D eigenvalue weighted by Crippen LogP contribution is -1.83. The Labute approximate surface area is 182 Å². The van der Waals surface area contributed by atoms with Crippen LogP contribution in [0.15, 0.2) is 107 Å². The average molecular weight is 412 g/mol. The highest BCUT2D eigenvalue weighted by Gasteiger charge is 2.08. The number of nitrogens with zero attached hydrogens (tertiary/aromatic N) is 2. The molecule has 0 N–H and O–H groups in total. The number of fused-ring (bicyclic) bond motifs is 5. The number of oxazole rings is 2. The predicted octanol–water partition coefficient (Wildman–Crippen LogP) is 7.61. The van der Waals surface area contributed by atoms with Crippen LogP contribution in [0.5, 0.6) is 0 Å². The van der Waals surface area contributed by atoms with Crippen molar-refractivity contribution in [1.29, 1.82) is 0 Å². The third-order valence-electron chi connectivity index (χ3n) is 6.16. The van der Waals surface area contributed by atoms with E-state index in [0.717, 1.165) is 38.9 Å². The van der Waals surface area contributed by atoms with E-state index in [2.05, 4.69) is 76.7 Å². The lowest BCUT2D eigenvalue weighted by Gasteiger charge is -2.09. The maximum Gasteiger partial charge on any atom is 0.181 e. The van der Waals surface area contributed by atoms with Crippen LogP contribution in [-0.2, 0) is 0 Å². The maximum atomic E-state index is 5.47. The molecule has 4 heteroatoms. The number of benzene rings is 5. The van der Waals surface area contributed by atoms with E-state index in [4.69, 9.17) is 8.83 Å². The zero-order chi connectivity index (χ0) is 21.1. The van der Waals surface area contributed by atoms with Gasteiger partial charge < -0.3 is 8.83 Å². The highest BCUT2D eigenvalue weighted by Crippen LogP contribution is 2.33. The molecule has 0 radical (unpaired) electrons. The van der Waals surface area contributed by atoms with Crippen LogP contribution in [0.25, 0.3) is 66.0 Å². The Bertz CT molecular complexity index is 1660. The SMILES string of the molecule is c1nc2cc(-c3ccc4c(ccc5cc(-c6ccc7ncoc7c6)ccc54)c3)ccc2o1. The summed E-state index contributed by atoms with van der Waals surface area (Å²) in [6.45, 7) is 0. The zero-order valence-electron chi connectivity index (χ0n) is 16.9. The second kappa shape index (κ2) is 6.53. The van der Waals surface area contributed by atoms with Crippen molar-refractivity contribution in [2.75, 3.05) is 0 Å². The number of hydrogen-bond acceptors (Lipinski definition) is 4. The molecule has 4 nitrogen and oxygen atoms in total. The van der Waals surface area contributed by atoms with E-state index in [1.54, 1.807) is 0 Å². The predicted molar refractivity (Wildman–Crippen MR) is 127 cm³/mol. The van der Waals surface area contributed by atoms with Gasteiger partial charge in [0.15, 0.2) is 24.0 Å². The highest BCUT2D eigenvalue weighted by atomic mass is 16.3. The molecule has 5 aromatic carbocycles. The molecule has 2 heterocycles. The molecule has 0 aliphatic carbocycles. The number of aromatic nitrogens is 2. The third-order valence-corrected chi connectivity index (χ3v) is 6.16. The molecule has 7 rings (SSSR count).